The fourth-order valence-electron chi connectivity index (χ4n) is 3.77. The largest absolute Gasteiger partial charge is 0.354 e. The molecule has 0 radical (unpaired) electrons. The van der Waals surface area contributed by atoms with Crippen LogP contribution in [-0.4, -0.2) is 60.5 Å². The van der Waals surface area contributed by atoms with E-state index in [9.17, 15) is 9.59 Å². The molecule has 2 aromatic rings. The standard InChI is InChI=1S/C23H29N5O2/c1-17(16-27-11-13-28(14-12-27)21-7-2-3-10-24-21)25-23(30)19-5-4-6-20(15-19)26-22(29)18-8-9-18/h2-7,10,15,17-18H,8-9,11-14,16H2,1H3,(H,25,30)(H,26,29). The number of hydrogen-bond donors (Lipinski definition) is 2. The van der Waals surface area contributed by atoms with Crippen molar-refractivity contribution in [3.05, 3.63) is 54.2 Å². The van der Waals surface area contributed by atoms with E-state index >= 15 is 0 Å². The van der Waals surface area contributed by atoms with Gasteiger partial charge in [0.05, 0.1) is 0 Å². The van der Waals surface area contributed by atoms with Crippen molar-refractivity contribution in [2.24, 2.45) is 5.92 Å². The van der Waals surface area contributed by atoms with Crippen LogP contribution in [0.4, 0.5) is 11.5 Å². The average Bonchev–Trinajstić information content (AvgIpc) is 3.61. The van der Waals surface area contributed by atoms with E-state index in [-0.39, 0.29) is 23.8 Å². The van der Waals surface area contributed by atoms with Crippen LogP contribution in [0.5, 0.6) is 0 Å². The molecule has 2 aliphatic rings. The number of nitrogens with one attached hydrogen (secondary N) is 2. The molecule has 30 heavy (non-hydrogen) atoms. The van der Waals surface area contributed by atoms with Crippen LogP contribution in [0.15, 0.2) is 48.7 Å². The SMILES string of the molecule is CC(CN1CCN(c2ccccn2)CC1)NC(=O)c1cccc(NC(=O)C2CC2)c1. The molecule has 1 aliphatic heterocycles. The van der Waals surface area contributed by atoms with Crippen molar-refractivity contribution >= 4 is 23.3 Å². The number of benzene rings is 1. The number of aromatic nitrogens is 1. The Morgan fingerprint density at radius 3 is 2.60 bits per heavy atom. The van der Waals surface area contributed by atoms with Crippen LogP contribution < -0.4 is 15.5 Å². The van der Waals surface area contributed by atoms with Gasteiger partial charge in [-0.3, -0.25) is 14.5 Å². The van der Waals surface area contributed by atoms with Gasteiger partial charge in [0.2, 0.25) is 5.91 Å². The van der Waals surface area contributed by atoms with Crippen molar-refractivity contribution in [2.75, 3.05) is 42.9 Å². The molecule has 4 rings (SSSR count). The van der Waals surface area contributed by atoms with Crippen LogP contribution in [0, 0.1) is 5.92 Å². The minimum atomic E-state index is -0.114. The van der Waals surface area contributed by atoms with Gasteiger partial charge in [-0.25, -0.2) is 4.98 Å². The summed E-state index contributed by atoms with van der Waals surface area (Å²) in [6, 6.07) is 13.2. The maximum absolute atomic E-state index is 12.7. The van der Waals surface area contributed by atoms with Gasteiger partial charge in [0.1, 0.15) is 5.82 Å². The molecule has 1 unspecified atom stereocenters. The first kappa shape index (κ1) is 20.3. The monoisotopic (exact) mass is 407 g/mol. The Balaban J connectivity index is 1.24. The third-order valence-electron chi connectivity index (χ3n) is 5.60. The Morgan fingerprint density at radius 1 is 1.10 bits per heavy atom. The lowest BCUT2D eigenvalue weighted by Crippen LogP contribution is -2.51. The Kier molecular flexibility index (Phi) is 6.28. The quantitative estimate of drug-likeness (QED) is 0.737. The zero-order valence-corrected chi connectivity index (χ0v) is 17.4. The molecule has 1 saturated heterocycles. The summed E-state index contributed by atoms with van der Waals surface area (Å²) in [7, 11) is 0. The Labute approximate surface area is 177 Å². The summed E-state index contributed by atoms with van der Waals surface area (Å²) in [5.41, 5.74) is 1.24. The molecule has 1 aromatic carbocycles. The van der Waals surface area contributed by atoms with Crippen LogP contribution >= 0.6 is 0 Å². The number of hydrogen-bond acceptors (Lipinski definition) is 5. The van der Waals surface area contributed by atoms with Crippen molar-refractivity contribution < 1.29 is 9.59 Å². The molecular weight excluding hydrogens is 378 g/mol. The summed E-state index contributed by atoms with van der Waals surface area (Å²) in [5, 5.41) is 5.98. The fraction of sp³-hybridized carbons (Fsp3) is 0.435. The molecule has 7 heteroatoms. The summed E-state index contributed by atoms with van der Waals surface area (Å²) >= 11 is 0. The summed E-state index contributed by atoms with van der Waals surface area (Å²) in [6.07, 6.45) is 3.74. The van der Waals surface area contributed by atoms with E-state index in [2.05, 4.69) is 25.4 Å². The highest BCUT2D eigenvalue weighted by Crippen LogP contribution is 2.30. The van der Waals surface area contributed by atoms with E-state index in [1.165, 1.54) is 0 Å². The number of carbonyl (C=O) groups is 2. The second-order valence-corrected chi connectivity index (χ2v) is 8.19. The topological polar surface area (TPSA) is 77.6 Å². The number of anilines is 2. The molecular formula is C23H29N5O2. The lowest BCUT2D eigenvalue weighted by atomic mass is 10.1. The maximum Gasteiger partial charge on any atom is 0.251 e. The highest BCUT2D eigenvalue weighted by atomic mass is 16.2. The molecule has 0 bridgehead atoms. The van der Waals surface area contributed by atoms with Crippen molar-refractivity contribution in [1.29, 1.82) is 0 Å². The predicted molar refractivity (Wildman–Crippen MR) is 118 cm³/mol. The number of amides is 2. The van der Waals surface area contributed by atoms with Crippen molar-refractivity contribution in [3.8, 4) is 0 Å². The average molecular weight is 408 g/mol. The van der Waals surface area contributed by atoms with E-state index in [0.717, 1.165) is 51.4 Å². The molecule has 1 aromatic heterocycles. The van der Waals surface area contributed by atoms with Gasteiger partial charge in [-0.2, -0.15) is 0 Å². The highest BCUT2D eigenvalue weighted by Gasteiger charge is 2.29. The normalized spacial score (nSPS) is 18.0. The van der Waals surface area contributed by atoms with Crippen LogP contribution in [0.2, 0.25) is 0 Å². The van der Waals surface area contributed by atoms with Gasteiger partial charge < -0.3 is 15.5 Å². The van der Waals surface area contributed by atoms with Gasteiger partial charge in [-0.15, -0.1) is 0 Å². The molecule has 2 amide bonds. The number of nitrogens with zero attached hydrogens (tertiary/aromatic N) is 3. The van der Waals surface area contributed by atoms with E-state index in [0.29, 0.717) is 11.3 Å². The van der Waals surface area contributed by atoms with Gasteiger partial charge in [-0.05, 0) is 50.1 Å². The molecule has 7 nitrogen and oxygen atoms in total. The number of rotatable bonds is 7. The lowest BCUT2D eigenvalue weighted by molar-refractivity contribution is -0.117. The van der Waals surface area contributed by atoms with Crippen LogP contribution in [0.25, 0.3) is 0 Å². The molecule has 1 atom stereocenters. The third kappa shape index (κ3) is 5.36. The summed E-state index contributed by atoms with van der Waals surface area (Å²) in [5.74, 6) is 1.09. The van der Waals surface area contributed by atoms with Crippen LogP contribution in [0.3, 0.4) is 0 Å². The highest BCUT2D eigenvalue weighted by molar-refractivity contribution is 5.98. The predicted octanol–water partition coefficient (Wildman–Crippen LogP) is 2.37. The zero-order chi connectivity index (χ0) is 20.9. The van der Waals surface area contributed by atoms with Gasteiger partial charge in [-0.1, -0.05) is 12.1 Å². The van der Waals surface area contributed by atoms with E-state index < -0.39 is 0 Å². The number of pyridine rings is 1. The minimum Gasteiger partial charge on any atom is -0.354 e. The smallest absolute Gasteiger partial charge is 0.251 e. The Morgan fingerprint density at radius 2 is 1.90 bits per heavy atom. The Bertz CT molecular complexity index is 876. The summed E-state index contributed by atoms with van der Waals surface area (Å²) in [4.78, 5) is 33.7. The lowest BCUT2D eigenvalue weighted by Gasteiger charge is -2.36. The fourth-order valence-corrected chi connectivity index (χ4v) is 3.77. The summed E-state index contributed by atoms with van der Waals surface area (Å²) in [6.45, 7) is 6.58. The number of piperazine rings is 1. The van der Waals surface area contributed by atoms with Crippen molar-refractivity contribution in [2.45, 2.75) is 25.8 Å². The van der Waals surface area contributed by atoms with E-state index in [1.807, 2.05) is 37.4 Å². The maximum atomic E-state index is 12.7. The van der Waals surface area contributed by atoms with E-state index in [4.69, 9.17) is 0 Å². The molecule has 2 fully saturated rings. The van der Waals surface area contributed by atoms with Crippen LogP contribution in [0.1, 0.15) is 30.1 Å². The molecule has 1 aliphatic carbocycles. The first-order chi connectivity index (χ1) is 14.6. The molecule has 0 spiro atoms. The number of carbonyl (C=O) groups excluding carboxylic acids is 2. The first-order valence-corrected chi connectivity index (χ1v) is 10.7. The first-order valence-electron chi connectivity index (χ1n) is 10.7. The zero-order valence-electron chi connectivity index (χ0n) is 17.4. The van der Waals surface area contributed by atoms with Gasteiger partial charge >= 0.3 is 0 Å². The Hall–Kier alpha value is -2.93. The van der Waals surface area contributed by atoms with Crippen molar-refractivity contribution in [1.82, 2.24) is 15.2 Å². The summed E-state index contributed by atoms with van der Waals surface area (Å²) < 4.78 is 0. The molecule has 2 N–H and O–H groups in total. The van der Waals surface area contributed by atoms with Gasteiger partial charge in [0, 0.05) is 62.1 Å². The second-order valence-electron chi connectivity index (χ2n) is 8.19. The van der Waals surface area contributed by atoms with Crippen LogP contribution in [-0.2, 0) is 4.79 Å². The minimum absolute atomic E-state index is 0.0311. The molecule has 1 saturated carbocycles. The molecule has 158 valence electrons. The second kappa shape index (κ2) is 9.26. The van der Waals surface area contributed by atoms with E-state index in [1.54, 1.807) is 18.2 Å². The third-order valence-corrected chi connectivity index (χ3v) is 5.60. The van der Waals surface area contributed by atoms with Gasteiger partial charge in [0.15, 0.2) is 0 Å². The van der Waals surface area contributed by atoms with Gasteiger partial charge in [0.25, 0.3) is 5.91 Å². The van der Waals surface area contributed by atoms with Crippen molar-refractivity contribution in [3.63, 3.8) is 0 Å². The molecule has 2 heterocycles.